The molecule has 2 rings (SSSR count). The molecule has 0 aromatic carbocycles. The van der Waals surface area contributed by atoms with Gasteiger partial charge in [0.05, 0.1) is 0 Å². The molecular formula is C16H27N3. The van der Waals surface area contributed by atoms with Crippen molar-refractivity contribution in [3.63, 3.8) is 0 Å². The molecule has 3 heteroatoms. The number of nitrogens with zero attached hydrogens (tertiary/aromatic N) is 3. The molecule has 19 heavy (non-hydrogen) atoms. The van der Waals surface area contributed by atoms with Crippen LogP contribution in [0.15, 0.2) is 18.3 Å². The number of aromatic nitrogens is 1. The number of likely N-dealkylation sites (tertiary alicyclic amines) is 1. The van der Waals surface area contributed by atoms with Crippen molar-refractivity contribution in [2.24, 2.45) is 0 Å². The monoisotopic (exact) mass is 261 g/mol. The molecule has 1 fully saturated rings. The van der Waals surface area contributed by atoms with Gasteiger partial charge in [-0.05, 0) is 45.3 Å². The summed E-state index contributed by atoms with van der Waals surface area (Å²) < 4.78 is 0. The summed E-state index contributed by atoms with van der Waals surface area (Å²) in [6.45, 7) is 7.93. The van der Waals surface area contributed by atoms with Gasteiger partial charge in [0.2, 0.25) is 0 Å². The highest BCUT2D eigenvalue weighted by atomic mass is 15.2. The summed E-state index contributed by atoms with van der Waals surface area (Å²) in [5.41, 5.74) is 1.42. The standard InChI is InChI=1S/C16H27N3/c1-4-6-12-19-13-8-10-15(19)14-9-7-11-17-16(14)18(3)5-2/h7,9,11,15H,4-6,8,10,12-13H2,1-3H3/t15-/m0/s1. The van der Waals surface area contributed by atoms with E-state index in [1.807, 2.05) is 6.20 Å². The maximum absolute atomic E-state index is 4.61. The van der Waals surface area contributed by atoms with Gasteiger partial charge in [-0.1, -0.05) is 19.4 Å². The van der Waals surface area contributed by atoms with Gasteiger partial charge in [-0.15, -0.1) is 0 Å². The Morgan fingerprint density at radius 3 is 3.00 bits per heavy atom. The van der Waals surface area contributed by atoms with Gasteiger partial charge in [0.25, 0.3) is 0 Å². The first-order chi connectivity index (χ1) is 9.27. The molecule has 106 valence electrons. The zero-order valence-corrected chi connectivity index (χ0v) is 12.6. The van der Waals surface area contributed by atoms with Gasteiger partial charge < -0.3 is 4.90 Å². The number of hydrogen-bond acceptors (Lipinski definition) is 3. The molecule has 0 aliphatic carbocycles. The highest BCUT2D eigenvalue weighted by molar-refractivity contribution is 5.48. The largest absolute Gasteiger partial charge is 0.360 e. The lowest BCUT2D eigenvalue weighted by molar-refractivity contribution is 0.253. The average molecular weight is 261 g/mol. The Morgan fingerprint density at radius 2 is 2.26 bits per heavy atom. The van der Waals surface area contributed by atoms with Gasteiger partial charge in [-0.3, -0.25) is 4.90 Å². The van der Waals surface area contributed by atoms with E-state index >= 15 is 0 Å². The second-order valence-corrected chi connectivity index (χ2v) is 5.48. The minimum Gasteiger partial charge on any atom is -0.360 e. The second-order valence-electron chi connectivity index (χ2n) is 5.48. The fourth-order valence-corrected chi connectivity index (χ4v) is 2.95. The third-order valence-electron chi connectivity index (χ3n) is 4.17. The van der Waals surface area contributed by atoms with E-state index in [4.69, 9.17) is 0 Å². The van der Waals surface area contributed by atoms with E-state index in [1.54, 1.807) is 0 Å². The quantitative estimate of drug-likeness (QED) is 0.781. The third kappa shape index (κ3) is 3.27. The number of unbranched alkanes of at least 4 members (excludes halogenated alkanes) is 1. The summed E-state index contributed by atoms with van der Waals surface area (Å²) in [6, 6.07) is 4.92. The van der Waals surface area contributed by atoms with E-state index in [-0.39, 0.29) is 0 Å². The predicted molar refractivity (Wildman–Crippen MR) is 81.6 cm³/mol. The predicted octanol–water partition coefficient (Wildman–Crippen LogP) is 3.47. The molecule has 1 aromatic heterocycles. The van der Waals surface area contributed by atoms with Gasteiger partial charge >= 0.3 is 0 Å². The van der Waals surface area contributed by atoms with Crippen LogP contribution in [0.25, 0.3) is 0 Å². The van der Waals surface area contributed by atoms with Crippen LogP contribution in [0.1, 0.15) is 51.1 Å². The Hall–Kier alpha value is -1.09. The first kappa shape index (κ1) is 14.3. The Bertz CT molecular complexity index is 391. The highest BCUT2D eigenvalue weighted by Crippen LogP contribution is 2.35. The second kappa shape index (κ2) is 6.90. The molecule has 1 atom stereocenters. The molecule has 0 N–H and O–H groups in total. The summed E-state index contributed by atoms with van der Waals surface area (Å²) in [5, 5.41) is 0. The zero-order valence-electron chi connectivity index (χ0n) is 12.6. The zero-order chi connectivity index (χ0) is 13.7. The summed E-state index contributed by atoms with van der Waals surface area (Å²) >= 11 is 0. The maximum atomic E-state index is 4.61. The molecule has 1 aliphatic rings. The van der Waals surface area contributed by atoms with Crippen LogP contribution in [-0.2, 0) is 0 Å². The lowest BCUT2D eigenvalue weighted by Crippen LogP contribution is -2.27. The van der Waals surface area contributed by atoms with Crippen molar-refractivity contribution < 1.29 is 0 Å². The highest BCUT2D eigenvalue weighted by Gasteiger charge is 2.28. The first-order valence-electron chi connectivity index (χ1n) is 7.68. The molecule has 0 bridgehead atoms. The smallest absolute Gasteiger partial charge is 0.133 e. The SMILES string of the molecule is CCCCN1CCC[C@H]1c1cccnc1N(C)CC. The molecule has 0 spiro atoms. The number of hydrogen-bond donors (Lipinski definition) is 0. The van der Waals surface area contributed by atoms with E-state index in [1.165, 1.54) is 50.2 Å². The fourth-order valence-electron chi connectivity index (χ4n) is 2.95. The summed E-state index contributed by atoms with van der Waals surface area (Å²) in [6.07, 6.45) is 7.09. The molecular weight excluding hydrogens is 234 g/mol. The van der Waals surface area contributed by atoms with Crippen molar-refractivity contribution >= 4 is 5.82 Å². The topological polar surface area (TPSA) is 19.4 Å². The van der Waals surface area contributed by atoms with Crippen LogP contribution in [-0.4, -0.2) is 36.6 Å². The third-order valence-corrected chi connectivity index (χ3v) is 4.17. The number of anilines is 1. The van der Waals surface area contributed by atoms with Crippen LogP contribution in [0.2, 0.25) is 0 Å². The van der Waals surface area contributed by atoms with Gasteiger partial charge in [0.1, 0.15) is 5.82 Å². The van der Waals surface area contributed by atoms with Gasteiger partial charge in [-0.25, -0.2) is 4.98 Å². The van der Waals surface area contributed by atoms with Crippen LogP contribution in [0, 0.1) is 0 Å². The van der Waals surface area contributed by atoms with Crippen LogP contribution in [0.3, 0.4) is 0 Å². The normalized spacial score (nSPS) is 19.8. The summed E-state index contributed by atoms with van der Waals surface area (Å²) in [7, 11) is 2.14. The molecule has 1 aromatic rings. The van der Waals surface area contributed by atoms with Crippen molar-refractivity contribution in [1.29, 1.82) is 0 Å². The van der Waals surface area contributed by atoms with Crippen molar-refractivity contribution in [1.82, 2.24) is 9.88 Å². The van der Waals surface area contributed by atoms with Crippen molar-refractivity contribution in [3.05, 3.63) is 23.9 Å². The first-order valence-corrected chi connectivity index (χ1v) is 7.68. The molecule has 2 heterocycles. The van der Waals surface area contributed by atoms with Gasteiger partial charge in [0.15, 0.2) is 0 Å². The Labute approximate surface area is 117 Å². The minimum absolute atomic E-state index is 0.573. The van der Waals surface area contributed by atoms with Gasteiger partial charge in [-0.2, -0.15) is 0 Å². The van der Waals surface area contributed by atoms with Crippen LogP contribution in [0.4, 0.5) is 5.82 Å². The van der Waals surface area contributed by atoms with Gasteiger partial charge in [0, 0.05) is 31.4 Å². The average Bonchev–Trinajstić information content (AvgIpc) is 2.92. The van der Waals surface area contributed by atoms with Crippen molar-refractivity contribution in [2.45, 2.75) is 45.6 Å². The Kier molecular flexibility index (Phi) is 5.20. The molecule has 0 saturated carbocycles. The maximum Gasteiger partial charge on any atom is 0.133 e. The Balaban J connectivity index is 2.20. The van der Waals surface area contributed by atoms with E-state index in [0.717, 1.165) is 6.54 Å². The fraction of sp³-hybridized carbons (Fsp3) is 0.688. The lowest BCUT2D eigenvalue weighted by Gasteiger charge is -2.28. The van der Waals surface area contributed by atoms with E-state index in [2.05, 4.69) is 47.8 Å². The minimum atomic E-state index is 0.573. The molecule has 1 aliphatic heterocycles. The van der Waals surface area contributed by atoms with Crippen LogP contribution >= 0.6 is 0 Å². The molecule has 0 unspecified atom stereocenters. The number of rotatable bonds is 6. The van der Waals surface area contributed by atoms with Crippen molar-refractivity contribution in [2.75, 3.05) is 31.6 Å². The number of pyridine rings is 1. The molecule has 0 amide bonds. The van der Waals surface area contributed by atoms with Crippen molar-refractivity contribution in [3.8, 4) is 0 Å². The van der Waals surface area contributed by atoms with Crippen LogP contribution in [0.5, 0.6) is 0 Å². The van der Waals surface area contributed by atoms with E-state index < -0.39 is 0 Å². The molecule has 3 nitrogen and oxygen atoms in total. The Morgan fingerprint density at radius 1 is 1.42 bits per heavy atom. The van der Waals surface area contributed by atoms with Crippen LogP contribution < -0.4 is 4.90 Å². The molecule has 1 saturated heterocycles. The lowest BCUT2D eigenvalue weighted by atomic mass is 10.0. The summed E-state index contributed by atoms with van der Waals surface area (Å²) in [4.78, 5) is 9.51. The van der Waals surface area contributed by atoms with E-state index in [0.29, 0.717) is 6.04 Å². The van der Waals surface area contributed by atoms with E-state index in [9.17, 15) is 0 Å². The molecule has 0 radical (unpaired) electrons. The summed E-state index contributed by atoms with van der Waals surface area (Å²) in [5.74, 6) is 1.17.